The number of halogens is 3. The van der Waals surface area contributed by atoms with Crippen LogP contribution in [0, 0.1) is 18.6 Å². The van der Waals surface area contributed by atoms with Crippen LogP contribution in [-0.4, -0.2) is 9.13 Å². The van der Waals surface area contributed by atoms with Crippen molar-refractivity contribution in [1.82, 2.24) is 9.13 Å². The maximum atomic E-state index is 14.0. The third-order valence-corrected chi connectivity index (χ3v) is 5.38. The number of benzene rings is 2. The van der Waals surface area contributed by atoms with Crippen molar-refractivity contribution >= 4 is 15.9 Å². The highest BCUT2D eigenvalue weighted by atomic mass is 79.9. The Balaban J connectivity index is 2.03. The minimum Gasteiger partial charge on any atom is -0.292 e. The molecule has 27 heavy (non-hydrogen) atoms. The molecule has 0 aliphatic heterocycles. The van der Waals surface area contributed by atoms with E-state index in [0.717, 1.165) is 22.3 Å². The molecule has 0 saturated carbocycles. The topological polar surface area (TPSA) is 44.0 Å². The van der Waals surface area contributed by atoms with Gasteiger partial charge in [-0.3, -0.25) is 13.9 Å². The first-order valence-corrected chi connectivity index (χ1v) is 9.16. The van der Waals surface area contributed by atoms with Crippen LogP contribution in [0.4, 0.5) is 8.78 Å². The van der Waals surface area contributed by atoms with Crippen LogP contribution in [0.3, 0.4) is 0 Å². The summed E-state index contributed by atoms with van der Waals surface area (Å²) < 4.78 is 30.5. The maximum absolute atomic E-state index is 14.0. The van der Waals surface area contributed by atoms with Gasteiger partial charge in [-0.1, -0.05) is 36.4 Å². The third-order valence-electron chi connectivity index (χ3n) is 4.46. The standard InChI is InChI=1S/C20H17BrF2N2O2/c1-13-18(21)19(26)24(11-10-14-6-3-2-4-7-14)20(27)25(13)12-15-16(22)8-5-9-17(15)23/h2-9H,10-12H2,1H3. The highest BCUT2D eigenvalue weighted by Gasteiger charge is 2.17. The first kappa shape index (κ1) is 19.2. The third kappa shape index (κ3) is 3.93. The van der Waals surface area contributed by atoms with Gasteiger partial charge >= 0.3 is 5.69 Å². The summed E-state index contributed by atoms with van der Waals surface area (Å²) >= 11 is 3.21. The lowest BCUT2D eigenvalue weighted by molar-refractivity contribution is 0.515. The molecule has 3 rings (SSSR count). The van der Waals surface area contributed by atoms with E-state index in [4.69, 9.17) is 0 Å². The summed E-state index contributed by atoms with van der Waals surface area (Å²) in [4.78, 5) is 25.4. The van der Waals surface area contributed by atoms with E-state index in [1.165, 1.54) is 10.6 Å². The van der Waals surface area contributed by atoms with Gasteiger partial charge < -0.3 is 0 Å². The van der Waals surface area contributed by atoms with E-state index in [-0.39, 0.29) is 23.1 Å². The molecule has 0 spiro atoms. The zero-order valence-corrected chi connectivity index (χ0v) is 16.2. The Bertz CT molecular complexity index is 1070. The summed E-state index contributed by atoms with van der Waals surface area (Å²) in [5, 5.41) is 0. The summed E-state index contributed by atoms with van der Waals surface area (Å²) in [5.41, 5.74) is 0.0247. The SMILES string of the molecule is Cc1c(Br)c(=O)n(CCc2ccccc2)c(=O)n1Cc1c(F)cccc1F. The molecule has 1 heterocycles. The molecule has 0 aliphatic rings. The lowest BCUT2D eigenvalue weighted by Gasteiger charge is -2.16. The van der Waals surface area contributed by atoms with Gasteiger partial charge in [-0.2, -0.15) is 0 Å². The van der Waals surface area contributed by atoms with Gasteiger partial charge in [-0.15, -0.1) is 0 Å². The fourth-order valence-corrected chi connectivity index (χ4v) is 3.31. The van der Waals surface area contributed by atoms with Crippen LogP contribution in [0.15, 0.2) is 62.6 Å². The fourth-order valence-electron chi connectivity index (χ4n) is 2.88. The van der Waals surface area contributed by atoms with Crippen molar-refractivity contribution in [2.45, 2.75) is 26.4 Å². The number of aromatic nitrogens is 2. The van der Waals surface area contributed by atoms with Crippen molar-refractivity contribution in [2.24, 2.45) is 0 Å². The summed E-state index contributed by atoms with van der Waals surface area (Å²) in [6.07, 6.45) is 0.486. The van der Waals surface area contributed by atoms with Gasteiger partial charge in [0, 0.05) is 17.8 Å². The second-order valence-corrected chi connectivity index (χ2v) is 6.95. The molecular weight excluding hydrogens is 418 g/mol. The summed E-state index contributed by atoms with van der Waals surface area (Å²) in [6.45, 7) is 1.43. The van der Waals surface area contributed by atoms with Crippen molar-refractivity contribution in [3.05, 3.63) is 102 Å². The van der Waals surface area contributed by atoms with E-state index in [1.807, 2.05) is 30.3 Å². The van der Waals surface area contributed by atoms with Gasteiger partial charge in [-0.05, 0) is 47.0 Å². The van der Waals surface area contributed by atoms with Gasteiger partial charge in [0.1, 0.15) is 16.1 Å². The van der Waals surface area contributed by atoms with Crippen molar-refractivity contribution in [3.63, 3.8) is 0 Å². The molecule has 0 unspecified atom stereocenters. The summed E-state index contributed by atoms with van der Waals surface area (Å²) in [7, 11) is 0. The molecule has 0 saturated heterocycles. The van der Waals surface area contributed by atoms with Crippen LogP contribution in [0.1, 0.15) is 16.8 Å². The molecule has 140 valence electrons. The molecule has 0 aliphatic carbocycles. The Hall–Kier alpha value is -2.54. The van der Waals surface area contributed by atoms with E-state index in [2.05, 4.69) is 15.9 Å². The Morgan fingerprint density at radius 3 is 2.19 bits per heavy atom. The van der Waals surface area contributed by atoms with E-state index >= 15 is 0 Å². The van der Waals surface area contributed by atoms with Crippen molar-refractivity contribution in [1.29, 1.82) is 0 Å². The molecular formula is C20H17BrF2N2O2. The zero-order valence-electron chi connectivity index (χ0n) is 14.6. The normalized spacial score (nSPS) is 11.0. The van der Waals surface area contributed by atoms with E-state index in [1.54, 1.807) is 6.92 Å². The van der Waals surface area contributed by atoms with Crippen LogP contribution >= 0.6 is 15.9 Å². The molecule has 0 fully saturated rings. The van der Waals surface area contributed by atoms with E-state index < -0.39 is 22.9 Å². The molecule has 3 aromatic rings. The molecule has 0 atom stereocenters. The van der Waals surface area contributed by atoms with Crippen molar-refractivity contribution in [2.75, 3.05) is 0 Å². The van der Waals surface area contributed by atoms with Gasteiger partial charge in [0.25, 0.3) is 5.56 Å². The van der Waals surface area contributed by atoms with Crippen LogP contribution in [0.2, 0.25) is 0 Å². The van der Waals surface area contributed by atoms with Gasteiger partial charge in [0.05, 0.1) is 6.54 Å². The van der Waals surface area contributed by atoms with Crippen LogP contribution in [0.25, 0.3) is 0 Å². The number of aryl methyl sites for hydroxylation is 1. The number of hydrogen-bond donors (Lipinski definition) is 0. The smallest absolute Gasteiger partial charge is 0.292 e. The highest BCUT2D eigenvalue weighted by Crippen LogP contribution is 2.16. The van der Waals surface area contributed by atoms with Gasteiger partial charge in [0.2, 0.25) is 0 Å². The number of nitrogens with zero attached hydrogens (tertiary/aromatic N) is 2. The molecule has 7 heteroatoms. The minimum absolute atomic E-state index is 0.167. The Morgan fingerprint density at radius 2 is 1.56 bits per heavy atom. The lowest BCUT2D eigenvalue weighted by atomic mass is 10.1. The first-order valence-electron chi connectivity index (χ1n) is 8.36. The minimum atomic E-state index is -0.737. The van der Waals surface area contributed by atoms with E-state index in [0.29, 0.717) is 12.1 Å². The summed E-state index contributed by atoms with van der Waals surface area (Å²) in [5.74, 6) is -1.47. The highest BCUT2D eigenvalue weighted by molar-refractivity contribution is 9.10. The van der Waals surface area contributed by atoms with Crippen LogP contribution in [-0.2, 0) is 19.5 Å². The zero-order chi connectivity index (χ0) is 19.6. The van der Waals surface area contributed by atoms with Crippen molar-refractivity contribution in [3.8, 4) is 0 Å². The van der Waals surface area contributed by atoms with E-state index in [9.17, 15) is 18.4 Å². The van der Waals surface area contributed by atoms with Crippen LogP contribution in [0.5, 0.6) is 0 Å². The molecule has 4 nitrogen and oxygen atoms in total. The molecule has 0 bridgehead atoms. The average molecular weight is 435 g/mol. The average Bonchev–Trinajstić information content (AvgIpc) is 2.66. The molecule has 1 aromatic heterocycles. The lowest BCUT2D eigenvalue weighted by Crippen LogP contribution is -2.42. The second-order valence-electron chi connectivity index (χ2n) is 6.16. The van der Waals surface area contributed by atoms with Crippen molar-refractivity contribution < 1.29 is 8.78 Å². The monoisotopic (exact) mass is 434 g/mol. The number of hydrogen-bond acceptors (Lipinski definition) is 2. The molecule has 0 radical (unpaired) electrons. The quantitative estimate of drug-likeness (QED) is 0.614. The second kappa shape index (κ2) is 8.00. The van der Waals surface area contributed by atoms with Gasteiger partial charge in [-0.25, -0.2) is 13.6 Å². The van der Waals surface area contributed by atoms with Gasteiger partial charge in [0.15, 0.2) is 0 Å². The summed E-state index contributed by atoms with van der Waals surface area (Å²) in [6, 6.07) is 13.0. The predicted octanol–water partition coefficient (Wildman–Crippen LogP) is 3.65. The Labute approximate surface area is 162 Å². The molecule has 2 aromatic carbocycles. The van der Waals surface area contributed by atoms with Crippen LogP contribution < -0.4 is 11.2 Å². The maximum Gasteiger partial charge on any atom is 0.331 e. The fraction of sp³-hybridized carbons (Fsp3) is 0.200. The predicted molar refractivity (Wildman–Crippen MR) is 103 cm³/mol. The Kier molecular flexibility index (Phi) is 5.70. The molecule has 0 amide bonds. The first-order chi connectivity index (χ1) is 12.9. The molecule has 0 N–H and O–H groups in total. The number of rotatable bonds is 5. The Morgan fingerprint density at radius 1 is 0.926 bits per heavy atom. The largest absolute Gasteiger partial charge is 0.331 e.